The minimum atomic E-state index is -3.36. The molecule has 148 valence electrons. The van der Waals surface area contributed by atoms with E-state index in [0.29, 0.717) is 36.6 Å². The lowest BCUT2D eigenvalue weighted by Crippen LogP contribution is -2.42. The lowest BCUT2D eigenvalue weighted by molar-refractivity contribution is 0.135. The molecule has 8 heteroatoms. The van der Waals surface area contributed by atoms with Crippen LogP contribution >= 0.6 is 11.3 Å². The van der Waals surface area contributed by atoms with Crippen molar-refractivity contribution in [3.63, 3.8) is 0 Å². The first-order valence-electron chi connectivity index (χ1n) is 9.16. The van der Waals surface area contributed by atoms with Gasteiger partial charge in [0.15, 0.2) is 0 Å². The molecule has 3 aromatic rings. The highest BCUT2D eigenvalue weighted by Gasteiger charge is 2.29. The Morgan fingerprint density at radius 2 is 1.96 bits per heavy atom. The molecule has 0 bridgehead atoms. The molecule has 1 fully saturated rings. The molecule has 0 amide bonds. The molecule has 1 aliphatic rings. The van der Waals surface area contributed by atoms with Crippen LogP contribution in [0.3, 0.4) is 0 Å². The number of fused-ring (bicyclic) bond motifs is 1. The van der Waals surface area contributed by atoms with E-state index >= 15 is 0 Å². The summed E-state index contributed by atoms with van der Waals surface area (Å²) in [5.74, 6) is -0.349. The van der Waals surface area contributed by atoms with Gasteiger partial charge in [0.1, 0.15) is 17.4 Å². The molecular formula is C20H21FN2O3S2. The number of thiazole rings is 1. The van der Waals surface area contributed by atoms with Crippen LogP contribution in [0.5, 0.6) is 5.19 Å². The van der Waals surface area contributed by atoms with Crippen molar-refractivity contribution in [3.8, 4) is 5.19 Å². The van der Waals surface area contributed by atoms with Gasteiger partial charge in [0, 0.05) is 13.1 Å². The summed E-state index contributed by atoms with van der Waals surface area (Å²) in [4.78, 5) is 4.23. The lowest BCUT2D eigenvalue weighted by atomic mass is 10.1. The van der Waals surface area contributed by atoms with Crippen LogP contribution in [0.2, 0.25) is 0 Å². The van der Waals surface area contributed by atoms with Crippen LogP contribution in [0.15, 0.2) is 42.5 Å². The van der Waals surface area contributed by atoms with E-state index in [1.54, 1.807) is 6.07 Å². The maximum Gasteiger partial charge on any atom is 0.274 e. The summed E-state index contributed by atoms with van der Waals surface area (Å²) in [6, 6.07) is 12.4. The van der Waals surface area contributed by atoms with E-state index < -0.39 is 10.0 Å². The highest BCUT2D eigenvalue weighted by Crippen LogP contribution is 2.31. The smallest absolute Gasteiger partial charge is 0.274 e. The molecule has 2 heterocycles. The topological polar surface area (TPSA) is 59.5 Å². The third kappa shape index (κ3) is 4.19. The number of hydrogen-bond acceptors (Lipinski definition) is 5. The number of benzene rings is 2. The van der Waals surface area contributed by atoms with Gasteiger partial charge in [-0.25, -0.2) is 17.1 Å². The number of sulfonamides is 1. The predicted octanol–water partition coefficient (Wildman–Crippen LogP) is 4.12. The number of hydrogen-bond donors (Lipinski definition) is 0. The first-order chi connectivity index (χ1) is 13.4. The van der Waals surface area contributed by atoms with Crippen LogP contribution < -0.4 is 4.74 Å². The molecule has 1 aromatic heterocycles. The number of halogens is 1. The summed E-state index contributed by atoms with van der Waals surface area (Å²) in [6.07, 6.45) is 1.06. The molecule has 0 unspecified atom stereocenters. The van der Waals surface area contributed by atoms with E-state index in [-0.39, 0.29) is 17.7 Å². The Morgan fingerprint density at radius 1 is 1.21 bits per heavy atom. The highest BCUT2D eigenvalue weighted by atomic mass is 32.2. The molecule has 2 aromatic carbocycles. The van der Waals surface area contributed by atoms with E-state index in [1.165, 1.54) is 21.7 Å². The summed E-state index contributed by atoms with van der Waals surface area (Å²) in [7, 11) is -3.36. The van der Waals surface area contributed by atoms with Crippen LogP contribution in [0.4, 0.5) is 4.39 Å². The minimum absolute atomic E-state index is 0.0113. The van der Waals surface area contributed by atoms with Crippen molar-refractivity contribution in [2.45, 2.75) is 31.6 Å². The van der Waals surface area contributed by atoms with Gasteiger partial charge in [0.05, 0.1) is 10.5 Å². The molecule has 4 rings (SSSR count). The predicted molar refractivity (Wildman–Crippen MR) is 109 cm³/mol. The van der Waals surface area contributed by atoms with Gasteiger partial charge in [-0.2, -0.15) is 4.98 Å². The summed E-state index contributed by atoms with van der Waals surface area (Å²) in [5.41, 5.74) is 2.17. The summed E-state index contributed by atoms with van der Waals surface area (Å²) in [6.45, 7) is 2.78. The molecular weight excluding hydrogens is 399 g/mol. The van der Waals surface area contributed by atoms with Crippen LogP contribution in [0.1, 0.15) is 24.0 Å². The van der Waals surface area contributed by atoms with Gasteiger partial charge >= 0.3 is 0 Å². The summed E-state index contributed by atoms with van der Waals surface area (Å²) in [5, 5.41) is 0.432. The SMILES string of the molecule is Cc1cccc(CS(=O)(=O)N2CCC(Oc3nc4c(F)cccc4s3)CC2)c1. The van der Waals surface area contributed by atoms with Gasteiger partial charge in [0.25, 0.3) is 5.19 Å². The van der Waals surface area contributed by atoms with Crippen molar-refractivity contribution in [1.29, 1.82) is 0 Å². The Morgan fingerprint density at radius 3 is 2.68 bits per heavy atom. The molecule has 28 heavy (non-hydrogen) atoms. The zero-order valence-corrected chi connectivity index (χ0v) is 17.1. The Hall–Kier alpha value is -2.03. The second-order valence-electron chi connectivity index (χ2n) is 7.03. The quantitative estimate of drug-likeness (QED) is 0.623. The fourth-order valence-electron chi connectivity index (χ4n) is 3.42. The van der Waals surface area contributed by atoms with E-state index in [4.69, 9.17) is 4.74 Å². The van der Waals surface area contributed by atoms with Crippen LogP contribution in [-0.2, 0) is 15.8 Å². The second kappa shape index (κ2) is 7.77. The summed E-state index contributed by atoms with van der Waals surface area (Å²) >= 11 is 1.31. The van der Waals surface area contributed by atoms with Gasteiger partial charge in [-0.3, -0.25) is 0 Å². The first-order valence-corrected chi connectivity index (χ1v) is 11.6. The monoisotopic (exact) mass is 420 g/mol. The Kier molecular flexibility index (Phi) is 5.35. The molecule has 5 nitrogen and oxygen atoms in total. The number of rotatable bonds is 5. The summed E-state index contributed by atoms with van der Waals surface area (Å²) < 4.78 is 47.4. The zero-order valence-electron chi connectivity index (χ0n) is 15.5. The fraction of sp³-hybridized carbons (Fsp3) is 0.350. The second-order valence-corrected chi connectivity index (χ2v) is 9.99. The normalized spacial score (nSPS) is 16.5. The van der Waals surface area contributed by atoms with Crippen LogP contribution in [0.25, 0.3) is 10.2 Å². The van der Waals surface area contributed by atoms with Gasteiger partial charge in [-0.15, -0.1) is 0 Å². The van der Waals surface area contributed by atoms with Crippen LogP contribution in [0, 0.1) is 12.7 Å². The molecule has 0 N–H and O–H groups in total. The third-order valence-electron chi connectivity index (χ3n) is 4.84. The van der Waals surface area contributed by atoms with Gasteiger partial charge in [0.2, 0.25) is 10.0 Å². The molecule has 0 spiro atoms. The van der Waals surface area contributed by atoms with Crippen molar-refractivity contribution in [1.82, 2.24) is 9.29 Å². The molecule has 0 aliphatic carbocycles. The van der Waals surface area contributed by atoms with E-state index in [2.05, 4.69) is 4.98 Å². The average Bonchev–Trinajstić information content (AvgIpc) is 3.06. The minimum Gasteiger partial charge on any atom is -0.467 e. The molecule has 1 aliphatic heterocycles. The van der Waals surface area contributed by atoms with Gasteiger partial charge in [-0.05, 0) is 37.5 Å². The first kappa shape index (κ1) is 19.3. The number of aromatic nitrogens is 1. The van der Waals surface area contributed by atoms with E-state index in [1.807, 2.05) is 37.3 Å². The van der Waals surface area contributed by atoms with Crippen molar-refractivity contribution in [3.05, 3.63) is 59.4 Å². The van der Waals surface area contributed by atoms with Crippen molar-refractivity contribution in [2.24, 2.45) is 0 Å². The van der Waals surface area contributed by atoms with Crippen molar-refractivity contribution < 1.29 is 17.5 Å². The molecule has 1 saturated heterocycles. The standard InChI is InChI=1S/C20H21FN2O3S2/c1-14-4-2-5-15(12-14)13-28(24,25)23-10-8-16(9-11-23)26-20-22-19-17(21)6-3-7-18(19)27-20/h2-7,12,16H,8-11,13H2,1H3. The maximum absolute atomic E-state index is 13.8. The lowest BCUT2D eigenvalue weighted by Gasteiger charge is -2.30. The van der Waals surface area contributed by atoms with Crippen molar-refractivity contribution in [2.75, 3.05) is 13.1 Å². The Balaban J connectivity index is 1.37. The number of nitrogens with zero attached hydrogens (tertiary/aromatic N) is 2. The molecule has 0 saturated carbocycles. The zero-order chi connectivity index (χ0) is 19.7. The average molecular weight is 421 g/mol. The molecule has 0 atom stereocenters. The van der Waals surface area contributed by atoms with Gasteiger partial charge < -0.3 is 4.74 Å². The van der Waals surface area contributed by atoms with E-state index in [9.17, 15) is 12.8 Å². The number of para-hydroxylation sites is 1. The largest absolute Gasteiger partial charge is 0.467 e. The van der Waals surface area contributed by atoms with Crippen LogP contribution in [-0.4, -0.2) is 36.9 Å². The van der Waals surface area contributed by atoms with Gasteiger partial charge in [-0.1, -0.05) is 47.2 Å². The number of ether oxygens (including phenoxy) is 1. The van der Waals surface area contributed by atoms with E-state index in [0.717, 1.165) is 15.8 Å². The fourth-order valence-corrected chi connectivity index (χ4v) is 5.87. The molecule has 0 radical (unpaired) electrons. The maximum atomic E-state index is 13.8. The number of piperidine rings is 1. The number of aryl methyl sites for hydroxylation is 1. The Bertz CT molecular complexity index is 1090. The van der Waals surface area contributed by atoms with Crippen molar-refractivity contribution >= 4 is 31.6 Å². The Labute approximate surface area is 167 Å². The third-order valence-corrected chi connectivity index (χ3v) is 7.61. The highest BCUT2D eigenvalue weighted by molar-refractivity contribution is 7.88.